The smallest absolute Gasteiger partial charge is 0.218 e. The number of hydrogen-bond donors (Lipinski definition) is 1. The van der Waals surface area contributed by atoms with Crippen molar-refractivity contribution in [3.63, 3.8) is 0 Å². The maximum absolute atomic E-state index is 5.42. The van der Waals surface area contributed by atoms with E-state index >= 15 is 0 Å². The Hall–Kier alpha value is -1.36. The Morgan fingerprint density at radius 3 is 2.65 bits per heavy atom. The van der Waals surface area contributed by atoms with Gasteiger partial charge in [0.25, 0.3) is 0 Å². The first kappa shape index (κ1) is 12.1. The third-order valence-electron chi connectivity index (χ3n) is 2.93. The quantitative estimate of drug-likeness (QED) is 0.851. The highest BCUT2D eigenvalue weighted by molar-refractivity contribution is 5.40. The molecule has 0 radical (unpaired) electrons. The normalized spacial score (nSPS) is 16.6. The molecule has 0 atom stereocenters. The summed E-state index contributed by atoms with van der Waals surface area (Å²) < 4.78 is 5.42. The van der Waals surface area contributed by atoms with Gasteiger partial charge in [0.2, 0.25) is 5.88 Å². The minimum atomic E-state index is 0.496. The van der Waals surface area contributed by atoms with Crippen molar-refractivity contribution in [2.24, 2.45) is 5.73 Å². The van der Waals surface area contributed by atoms with Gasteiger partial charge >= 0.3 is 0 Å². The minimum absolute atomic E-state index is 0.496. The molecule has 0 aromatic carbocycles. The van der Waals surface area contributed by atoms with Gasteiger partial charge in [0.15, 0.2) is 0 Å². The molecule has 2 N–H and O–H groups in total. The number of anilines is 1. The second kappa shape index (κ2) is 6.39. The largest absolute Gasteiger partial charge is 0.476 e. The average molecular weight is 236 g/mol. The summed E-state index contributed by atoms with van der Waals surface area (Å²) >= 11 is 0. The van der Waals surface area contributed by atoms with E-state index in [-0.39, 0.29) is 0 Å². The third-order valence-corrected chi connectivity index (χ3v) is 2.93. The third kappa shape index (κ3) is 3.56. The first-order valence-electron chi connectivity index (χ1n) is 6.30. The molecule has 0 saturated carbocycles. The van der Waals surface area contributed by atoms with Crippen LogP contribution in [0.2, 0.25) is 0 Å². The highest BCUT2D eigenvalue weighted by Crippen LogP contribution is 2.19. The molecule has 94 valence electrons. The molecular formula is C12H20N4O. The van der Waals surface area contributed by atoms with Crippen molar-refractivity contribution in [1.29, 1.82) is 0 Å². The van der Waals surface area contributed by atoms with Gasteiger partial charge in [-0.3, -0.25) is 0 Å². The van der Waals surface area contributed by atoms with Crippen LogP contribution in [0.5, 0.6) is 5.88 Å². The molecule has 1 aromatic rings. The molecule has 0 spiro atoms. The monoisotopic (exact) mass is 236 g/mol. The van der Waals surface area contributed by atoms with Gasteiger partial charge in [-0.15, -0.1) is 0 Å². The molecule has 5 heteroatoms. The zero-order valence-corrected chi connectivity index (χ0v) is 10.1. The van der Waals surface area contributed by atoms with E-state index in [1.54, 1.807) is 6.33 Å². The first-order valence-corrected chi connectivity index (χ1v) is 6.30. The maximum Gasteiger partial charge on any atom is 0.218 e. The van der Waals surface area contributed by atoms with Gasteiger partial charge in [0, 0.05) is 25.7 Å². The topological polar surface area (TPSA) is 64.3 Å². The Morgan fingerprint density at radius 2 is 1.94 bits per heavy atom. The lowest BCUT2D eigenvalue weighted by Crippen LogP contribution is -2.25. The minimum Gasteiger partial charge on any atom is -0.476 e. The van der Waals surface area contributed by atoms with Gasteiger partial charge in [0.1, 0.15) is 18.8 Å². The number of nitrogens with two attached hydrogens (primary N) is 1. The molecule has 1 saturated heterocycles. The summed E-state index contributed by atoms with van der Waals surface area (Å²) in [6.07, 6.45) is 6.67. The van der Waals surface area contributed by atoms with Gasteiger partial charge in [-0.1, -0.05) is 12.8 Å². The number of nitrogens with zero attached hydrogens (tertiary/aromatic N) is 3. The van der Waals surface area contributed by atoms with Crippen LogP contribution < -0.4 is 15.4 Å². The summed E-state index contributed by atoms with van der Waals surface area (Å²) in [5, 5.41) is 0. The van der Waals surface area contributed by atoms with Crippen LogP contribution in [0.4, 0.5) is 5.82 Å². The number of ether oxygens (including phenoxy) is 1. The molecule has 1 fully saturated rings. The van der Waals surface area contributed by atoms with Gasteiger partial charge in [0.05, 0.1) is 0 Å². The molecule has 5 nitrogen and oxygen atoms in total. The van der Waals surface area contributed by atoms with Gasteiger partial charge in [-0.05, 0) is 12.8 Å². The lowest BCUT2D eigenvalue weighted by Gasteiger charge is -2.21. The van der Waals surface area contributed by atoms with Crippen molar-refractivity contribution in [2.45, 2.75) is 25.7 Å². The lowest BCUT2D eigenvalue weighted by molar-refractivity contribution is 0.315. The molecule has 2 heterocycles. The van der Waals surface area contributed by atoms with Crippen LogP contribution in [0.25, 0.3) is 0 Å². The van der Waals surface area contributed by atoms with Crippen molar-refractivity contribution in [3.8, 4) is 5.88 Å². The van der Waals surface area contributed by atoms with E-state index in [1.807, 2.05) is 6.07 Å². The van der Waals surface area contributed by atoms with Crippen LogP contribution in [-0.2, 0) is 0 Å². The summed E-state index contributed by atoms with van der Waals surface area (Å²) in [6.45, 7) is 3.15. The summed E-state index contributed by atoms with van der Waals surface area (Å²) in [5.74, 6) is 1.58. The Balaban J connectivity index is 2.03. The van der Waals surface area contributed by atoms with Gasteiger partial charge < -0.3 is 15.4 Å². The molecular weight excluding hydrogens is 216 g/mol. The Morgan fingerprint density at radius 1 is 1.18 bits per heavy atom. The molecule has 1 aromatic heterocycles. The molecule has 0 unspecified atom stereocenters. The fraction of sp³-hybridized carbons (Fsp3) is 0.667. The number of rotatable bonds is 4. The highest BCUT2D eigenvalue weighted by Gasteiger charge is 2.11. The maximum atomic E-state index is 5.42. The predicted octanol–water partition coefficient (Wildman–Crippen LogP) is 1.19. The summed E-state index contributed by atoms with van der Waals surface area (Å²) in [7, 11) is 0. The summed E-state index contributed by atoms with van der Waals surface area (Å²) in [5.41, 5.74) is 5.40. The predicted molar refractivity (Wildman–Crippen MR) is 67.3 cm³/mol. The van der Waals surface area contributed by atoms with Crippen LogP contribution in [0.3, 0.4) is 0 Å². The van der Waals surface area contributed by atoms with Crippen LogP contribution in [0.1, 0.15) is 25.7 Å². The second-order valence-electron chi connectivity index (χ2n) is 4.25. The molecule has 17 heavy (non-hydrogen) atoms. The van der Waals surface area contributed by atoms with E-state index in [9.17, 15) is 0 Å². The molecule has 0 amide bonds. The zero-order chi connectivity index (χ0) is 11.9. The number of hydrogen-bond acceptors (Lipinski definition) is 5. The molecule has 0 aliphatic carbocycles. The lowest BCUT2D eigenvalue weighted by atomic mass is 10.2. The first-order chi connectivity index (χ1) is 8.40. The van der Waals surface area contributed by atoms with E-state index < -0.39 is 0 Å². The van der Waals surface area contributed by atoms with E-state index in [4.69, 9.17) is 10.5 Å². The Labute approximate surface area is 102 Å². The zero-order valence-electron chi connectivity index (χ0n) is 10.1. The van der Waals surface area contributed by atoms with Crippen molar-refractivity contribution in [1.82, 2.24) is 9.97 Å². The fourth-order valence-corrected chi connectivity index (χ4v) is 2.05. The van der Waals surface area contributed by atoms with Gasteiger partial charge in [-0.2, -0.15) is 0 Å². The van der Waals surface area contributed by atoms with Crippen LogP contribution >= 0.6 is 0 Å². The fourth-order valence-electron chi connectivity index (χ4n) is 2.05. The molecule has 1 aliphatic heterocycles. The van der Waals surface area contributed by atoms with Crippen molar-refractivity contribution >= 4 is 5.82 Å². The number of aromatic nitrogens is 2. The molecule has 0 bridgehead atoms. The van der Waals surface area contributed by atoms with Crippen LogP contribution in [0, 0.1) is 0 Å². The van der Waals surface area contributed by atoms with E-state index in [0.717, 1.165) is 18.9 Å². The summed E-state index contributed by atoms with van der Waals surface area (Å²) in [4.78, 5) is 10.7. The molecule has 1 aliphatic rings. The van der Waals surface area contributed by atoms with E-state index in [2.05, 4.69) is 14.9 Å². The van der Waals surface area contributed by atoms with E-state index in [1.165, 1.54) is 25.7 Å². The Kier molecular flexibility index (Phi) is 4.55. The highest BCUT2D eigenvalue weighted by atomic mass is 16.5. The molecule has 2 rings (SSSR count). The van der Waals surface area contributed by atoms with Crippen LogP contribution in [-0.4, -0.2) is 36.2 Å². The summed E-state index contributed by atoms with van der Waals surface area (Å²) in [6, 6.07) is 1.90. The van der Waals surface area contributed by atoms with Gasteiger partial charge in [-0.25, -0.2) is 9.97 Å². The average Bonchev–Trinajstić information content (AvgIpc) is 2.65. The SMILES string of the molecule is NCCOc1cc(N2CCCCCC2)ncn1. The Bertz CT molecular complexity index is 337. The van der Waals surface area contributed by atoms with Crippen molar-refractivity contribution in [3.05, 3.63) is 12.4 Å². The van der Waals surface area contributed by atoms with E-state index in [0.29, 0.717) is 19.0 Å². The van der Waals surface area contributed by atoms with Crippen LogP contribution in [0.15, 0.2) is 12.4 Å². The second-order valence-corrected chi connectivity index (χ2v) is 4.25. The van der Waals surface area contributed by atoms with Crippen molar-refractivity contribution in [2.75, 3.05) is 31.1 Å². The van der Waals surface area contributed by atoms with Crippen molar-refractivity contribution < 1.29 is 4.74 Å². The standard InChI is InChI=1S/C12H20N4O/c13-5-8-17-12-9-11(14-10-15-12)16-6-3-1-2-4-7-16/h9-10H,1-8,13H2.